The number of halogens is 3. The molecule has 2 rings (SSSR count). The Labute approximate surface area is 122 Å². The molecule has 110 valence electrons. The van der Waals surface area contributed by atoms with Crippen molar-refractivity contribution in [2.45, 2.75) is 25.8 Å². The maximum Gasteiger partial charge on any atom is 0.264 e. The molecule has 1 saturated heterocycles. The van der Waals surface area contributed by atoms with Crippen LogP contribution in [0, 0.1) is 6.92 Å². The van der Waals surface area contributed by atoms with Crippen LogP contribution in [-0.4, -0.2) is 35.9 Å². The number of hydrogen-bond acceptors (Lipinski definition) is 2. The number of amides is 1. The number of anilines is 1. The Morgan fingerprint density at radius 2 is 2.10 bits per heavy atom. The normalized spacial score (nSPS) is 19.6. The zero-order valence-electron chi connectivity index (χ0n) is 11.4. The van der Waals surface area contributed by atoms with Gasteiger partial charge in [0.15, 0.2) is 0 Å². The largest absolute Gasteiger partial charge is 0.352 e. The number of rotatable bonds is 2. The number of alkyl halides is 3. The predicted octanol–water partition coefficient (Wildman–Crippen LogP) is 3.17. The summed E-state index contributed by atoms with van der Waals surface area (Å²) in [5.74, 6) is -0.0200. The Morgan fingerprint density at radius 1 is 1.40 bits per heavy atom. The number of carbonyl (C=O) groups is 1. The summed E-state index contributed by atoms with van der Waals surface area (Å²) >= 11 is 6.30. The van der Waals surface area contributed by atoms with Gasteiger partial charge in [0, 0.05) is 31.3 Å². The Hall–Kier alpha value is -1.36. The lowest BCUT2D eigenvalue weighted by molar-refractivity contribution is -0.129. The molecule has 0 spiro atoms. The Morgan fingerprint density at radius 3 is 2.65 bits per heavy atom. The molecule has 6 heteroatoms. The zero-order chi connectivity index (χ0) is 14.9. The molecule has 0 radical (unpaired) electrons. The van der Waals surface area contributed by atoms with Crippen molar-refractivity contribution in [2.75, 3.05) is 24.5 Å². The van der Waals surface area contributed by atoms with Gasteiger partial charge in [-0.15, -0.1) is 0 Å². The fraction of sp³-hybridized carbons (Fsp3) is 0.500. The molecule has 1 fully saturated rings. The lowest BCUT2D eigenvalue weighted by Gasteiger charge is -2.40. The predicted molar refractivity (Wildman–Crippen MR) is 75.4 cm³/mol. The highest BCUT2D eigenvalue weighted by molar-refractivity contribution is 6.22. The molecule has 0 aromatic heterocycles. The van der Waals surface area contributed by atoms with E-state index in [0.717, 1.165) is 0 Å². The molecular weight excluding hydrogens is 286 g/mol. The lowest BCUT2D eigenvalue weighted by Crippen LogP contribution is -2.52. The van der Waals surface area contributed by atoms with Gasteiger partial charge in [0.2, 0.25) is 5.91 Å². The van der Waals surface area contributed by atoms with Gasteiger partial charge in [-0.25, -0.2) is 8.78 Å². The zero-order valence-corrected chi connectivity index (χ0v) is 12.2. The van der Waals surface area contributed by atoms with E-state index in [-0.39, 0.29) is 11.5 Å². The van der Waals surface area contributed by atoms with Crippen molar-refractivity contribution in [3.8, 4) is 0 Å². The first-order chi connectivity index (χ1) is 9.41. The standard InChI is InChI=1S/C14H17ClF2N2O/c1-9-11(14(16)17)4-3-5-12(9)19-7-6-18(10(2)20)8-13(19)15/h3-5,13-14H,6-8H2,1-2H3. The van der Waals surface area contributed by atoms with Crippen LogP contribution in [0.2, 0.25) is 0 Å². The van der Waals surface area contributed by atoms with E-state index in [2.05, 4.69) is 0 Å². The van der Waals surface area contributed by atoms with Crippen molar-refractivity contribution in [1.82, 2.24) is 4.90 Å². The number of piperazine rings is 1. The smallest absolute Gasteiger partial charge is 0.264 e. The average Bonchev–Trinajstić information content (AvgIpc) is 2.39. The molecule has 0 N–H and O–H groups in total. The van der Waals surface area contributed by atoms with Crippen LogP contribution >= 0.6 is 11.6 Å². The van der Waals surface area contributed by atoms with Crippen molar-refractivity contribution in [3.05, 3.63) is 29.3 Å². The number of nitrogens with zero attached hydrogens (tertiary/aromatic N) is 2. The van der Waals surface area contributed by atoms with Gasteiger partial charge in [0.25, 0.3) is 6.43 Å². The van der Waals surface area contributed by atoms with Gasteiger partial charge in [-0.05, 0) is 18.6 Å². The van der Waals surface area contributed by atoms with Crippen molar-refractivity contribution in [1.29, 1.82) is 0 Å². The van der Waals surface area contributed by atoms with Crippen LogP contribution in [0.4, 0.5) is 14.5 Å². The summed E-state index contributed by atoms with van der Waals surface area (Å²) in [5.41, 5.74) is 0.884. The summed E-state index contributed by atoms with van der Waals surface area (Å²) in [6, 6.07) is 4.84. The summed E-state index contributed by atoms with van der Waals surface area (Å²) in [4.78, 5) is 14.9. The molecule has 1 heterocycles. The second-order valence-electron chi connectivity index (χ2n) is 4.88. The Kier molecular flexibility index (Phi) is 4.48. The molecule has 0 saturated carbocycles. The van der Waals surface area contributed by atoms with E-state index in [4.69, 9.17) is 11.6 Å². The summed E-state index contributed by atoms with van der Waals surface area (Å²) in [6.07, 6.45) is -2.50. The maximum absolute atomic E-state index is 12.9. The molecule has 1 amide bonds. The third-order valence-corrected chi connectivity index (χ3v) is 4.03. The maximum atomic E-state index is 12.9. The molecule has 0 bridgehead atoms. The molecule has 1 atom stereocenters. The van der Waals surface area contributed by atoms with Crippen LogP contribution in [0.5, 0.6) is 0 Å². The van der Waals surface area contributed by atoms with Crippen LogP contribution < -0.4 is 4.90 Å². The van der Waals surface area contributed by atoms with E-state index in [9.17, 15) is 13.6 Å². The highest BCUT2D eigenvalue weighted by atomic mass is 35.5. The molecule has 20 heavy (non-hydrogen) atoms. The van der Waals surface area contributed by atoms with E-state index in [1.807, 2.05) is 4.90 Å². The summed E-state index contributed by atoms with van der Waals surface area (Å²) < 4.78 is 25.9. The number of carbonyl (C=O) groups excluding carboxylic acids is 1. The molecule has 1 unspecified atom stereocenters. The minimum atomic E-state index is -2.50. The molecule has 1 aliphatic heterocycles. The first-order valence-corrected chi connectivity index (χ1v) is 6.89. The summed E-state index contributed by atoms with van der Waals surface area (Å²) in [5, 5.41) is 0. The van der Waals surface area contributed by atoms with Crippen molar-refractivity contribution in [2.24, 2.45) is 0 Å². The van der Waals surface area contributed by atoms with E-state index in [1.54, 1.807) is 24.0 Å². The van der Waals surface area contributed by atoms with Gasteiger partial charge in [-0.3, -0.25) is 4.79 Å². The van der Waals surface area contributed by atoms with E-state index in [0.29, 0.717) is 30.9 Å². The van der Waals surface area contributed by atoms with Crippen molar-refractivity contribution in [3.63, 3.8) is 0 Å². The van der Waals surface area contributed by atoms with Gasteiger partial charge < -0.3 is 9.80 Å². The highest BCUT2D eigenvalue weighted by Gasteiger charge is 2.28. The van der Waals surface area contributed by atoms with Crippen LogP contribution in [0.15, 0.2) is 18.2 Å². The molecular formula is C14H17ClF2N2O. The summed E-state index contributed by atoms with van der Waals surface area (Å²) in [7, 11) is 0. The van der Waals surface area contributed by atoms with Crippen LogP contribution in [0.3, 0.4) is 0 Å². The third kappa shape index (κ3) is 2.87. The molecule has 3 nitrogen and oxygen atoms in total. The molecule has 1 aromatic carbocycles. The van der Waals surface area contributed by atoms with Gasteiger partial charge in [-0.1, -0.05) is 23.7 Å². The van der Waals surface area contributed by atoms with E-state index < -0.39 is 11.9 Å². The topological polar surface area (TPSA) is 23.6 Å². The van der Waals surface area contributed by atoms with Crippen LogP contribution in [0.1, 0.15) is 24.5 Å². The van der Waals surface area contributed by atoms with E-state index >= 15 is 0 Å². The fourth-order valence-electron chi connectivity index (χ4n) is 2.49. The van der Waals surface area contributed by atoms with Crippen molar-refractivity contribution < 1.29 is 13.6 Å². The van der Waals surface area contributed by atoms with Gasteiger partial charge >= 0.3 is 0 Å². The quantitative estimate of drug-likeness (QED) is 0.619. The molecule has 0 aliphatic carbocycles. The van der Waals surface area contributed by atoms with Gasteiger partial charge in [-0.2, -0.15) is 0 Å². The third-order valence-electron chi connectivity index (χ3n) is 3.66. The highest BCUT2D eigenvalue weighted by Crippen LogP contribution is 2.32. The Bertz CT molecular complexity index is 510. The van der Waals surface area contributed by atoms with Crippen LogP contribution in [0.25, 0.3) is 0 Å². The minimum Gasteiger partial charge on any atom is -0.352 e. The number of hydrogen-bond donors (Lipinski definition) is 0. The second-order valence-corrected chi connectivity index (χ2v) is 5.39. The van der Waals surface area contributed by atoms with Crippen LogP contribution in [-0.2, 0) is 4.79 Å². The van der Waals surface area contributed by atoms with Gasteiger partial charge in [0.1, 0.15) is 5.50 Å². The average molecular weight is 303 g/mol. The monoisotopic (exact) mass is 302 g/mol. The first-order valence-electron chi connectivity index (χ1n) is 6.45. The minimum absolute atomic E-state index is 0.0200. The molecule has 1 aliphatic rings. The number of benzene rings is 1. The second kappa shape index (κ2) is 5.95. The lowest BCUT2D eigenvalue weighted by atomic mass is 10.1. The fourth-order valence-corrected chi connectivity index (χ4v) is 2.86. The SMILES string of the molecule is CC(=O)N1CCN(c2cccc(C(F)F)c2C)C(Cl)C1. The van der Waals surface area contributed by atoms with E-state index in [1.165, 1.54) is 13.0 Å². The Balaban J connectivity index is 2.25. The first kappa shape index (κ1) is 15.0. The van der Waals surface area contributed by atoms with Crippen molar-refractivity contribution >= 4 is 23.2 Å². The molecule has 1 aromatic rings. The van der Waals surface area contributed by atoms with Gasteiger partial charge in [0.05, 0.1) is 6.54 Å². The summed E-state index contributed by atoms with van der Waals surface area (Å²) in [6.45, 7) is 4.67.